The Morgan fingerprint density at radius 3 is 2.78 bits per heavy atom. The lowest BCUT2D eigenvalue weighted by Gasteiger charge is -2.10. The molecule has 2 aromatic heterocycles. The van der Waals surface area contributed by atoms with Crippen LogP contribution in [0.1, 0.15) is 11.1 Å². The van der Waals surface area contributed by atoms with Gasteiger partial charge in [-0.05, 0) is 35.4 Å². The summed E-state index contributed by atoms with van der Waals surface area (Å²) >= 11 is 1.55. The van der Waals surface area contributed by atoms with E-state index in [1.54, 1.807) is 17.8 Å². The Morgan fingerprint density at radius 2 is 1.94 bits per heavy atom. The van der Waals surface area contributed by atoms with Gasteiger partial charge in [0.1, 0.15) is 5.58 Å². The molecule has 0 unspecified atom stereocenters. The minimum Gasteiger partial charge on any atom is -0.423 e. The molecule has 0 spiro atoms. The molecule has 6 heteroatoms. The molecule has 0 radical (unpaired) electrons. The van der Waals surface area contributed by atoms with Gasteiger partial charge in [0.25, 0.3) is 0 Å². The van der Waals surface area contributed by atoms with Crippen LogP contribution in [0.4, 0.5) is 0 Å². The zero-order valence-corrected chi connectivity index (χ0v) is 18.4. The third kappa shape index (κ3) is 3.74. The molecule has 0 aliphatic carbocycles. The zero-order chi connectivity index (χ0) is 22.1. The van der Waals surface area contributed by atoms with Crippen molar-refractivity contribution in [2.45, 2.75) is 24.4 Å². The van der Waals surface area contributed by atoms with Crippen LogP contribution in [-0.4, -0.2) is 14.8 Å². The highest BCUT2D eigenvalue weighted by atomic mass is 32.2. The van der Waals surface area contributed by atoms with Crippen molar-refractivity contribution >= 4 is 33.5 Å². The maximum absolute atomic E-state index is 12.2. The minimum absolute atomic E-state index is 0.351. The first-order valence-corrected chi connectivity index (χ1v) is 11.3. The molecular weight excluding hydrogens is 418 g/mol. The molecule has 2 heterocycles. The van der Waals surface area contributed by atoms with Gasteiger partial charge in [0, 0.05) is 29.3 Å². The van der Waals surface area contributed by atoms with Crippen LogP contribution in [0, 0.1) is 6.92 Å². The summed E-state index contributed by atoms with van der Waals surface area (Å²) in [5, 5.41) is 12.8. The van der Waals surface area contributed by atoms with Gasteiger partial charge < -0.3 is 4.42 Å². The molecule has 32 heavy (non-hydrogen) atoms. The van der Waals surface area contributed by atoms with E-state index in [2.05, 4.69) is 52.5 Å². The van der Waals surface area contributed by atoms with Crippen molar-refractivity contribution in [3.05, 3.63) is 101 Å². The number of hydrogen-bond donors (Lipinski definition) is 0. The van der Waals surface area contributed by atoms with E-state index in [4.69, 9.17) is 4.42 Å². The third-order valence-corrected chi connectivity index (χ3v) is 6.39. The first-order valence-electron chi connectivity index (χ1n) is 10.3. The summed E-state index contributed by atoms with van der Waals surface area (Å²) in [5.41, 5.74) is 3.35. The van der Waals surface area contributed by atoms with Gasteiger partial charge >= 0.3 is 5.63 Å². The number of fused-ring (bicyclic) bond motifs is 3. The second kappa shape index (κ2) is 8.48. The first kappa shape index (κ1) is 20.3. The van der Waals surface area contributed by atoms with E-state index in [1.165, 1.54) is 5.56 Å². The molecule has 0 bridgehead atoms. The second-order valence-electron chi connectivity index (χ2n) is 7.61. The summed E-state index contributed by atoms with van der Waals surface area (Å²) in [4.78, 5) is 12.2. The average molecular weight is 440 g/mol. The Morgan fingerprint density at radius 1 is 1.06 bits per heavy atom. The van der Waals surface area contributed by atoms with E-state index < -0.39 is 0 Å². The van der Waals surface area contributed by atoms with Crippen LogP contribution in [-0.2, 0) is 12.3 Å². The number of rotatable bonds is 6. The molecule has 0 aliphatic heterocycles. The van der Waals surface area contributed by atoms with E-state index in [0.29, 0.717) is 17.9 Å². The number of allylic oxidation sites excluding steroid dienone is 1. The summed E-state index contributed by atoms with van der Waals surface area (Å²) in [6, 6.07) is 21.8. The van der Waals surface area contributed by atoms with Crippen LogP contribution < -0.4 is 5.63 Å². The molecule has 0 N–H and O–H groups in total. The molecule has 3 aromatic carbocycles. The molecule has 5 nitrogen and oxygen atoms in total. The highest BCUT2D eigenvalue weighted by Gasteiger charge is 2.16. The lowest BCUT2D eigenvalue weighted by Crippen LogP contribution is -2.02. The number of benzene rings is 3. The number of hydrogen-bond acceptors (Lipinski definition) is 5. The Kier molecular flexibility index (Phi) is 5.37. The van der Waals surface area contributed by atoms with Crippen LogP contribution >= 0.6 is 11.8 Å². The molecule has 0 amide bonds. The molecule has 0 saturated carbocycles. The normalized spacial score (nSPS) is 11.3. The van der Waals surface area contributed by atoms with Gasteiger partial charge in [-0.2, -0.15) is 0 Å². The molecule has 158 valence electrons. The predicted molar refractivity (Wildman–Crippen MR) is 130 cm³/mol. The van der Waals surface area contributed by atoms with Crippen molar-refractivity contribution in [1.29, 1.82) is 0 Å². The Bertz CT molecular complexity index is 1520. The number of nitrogens with zero attached hydrogens (tertiary/aromatic N) is 3. The monoisotopic (exact) mass is 439 g/mol. The largest absolute Gasteiger partial charge is 0.423 e. The van der Waals surface area contributed by atoms with Crippen LogP contribution in [0.25, 0.3) is 33.1 Å². The summed E-state index contributed by atoms with van der Waals surface area (Å²) in [6.07, 6.45) is 1.84. The fourth-order valence-corrected chi connectivity index (χ4v) is 4.89. The van der Waals surface area contributed by atoms with Gasteiger partial charge in [-0.3, -0.25) is 4.57 Å². The van der Waals surface area contributed by atoms with E-state index in [1.807, 2.05) is 42.5 Å². The van der Waals surface area contributed by atoms with Crippen molar-refractivity contribution in [1.82, 2.24) is 14.8 Å². The van der Waals surface area contributed by atoms with Crippen LogP contribution in [0.3, 0.4) is 0 Å². The quantitative estimate of drug-likeness (QED) is 0.141. The van der Waals surface area contributed by atoms with Crippen LogP contribution in [0.2, 0.25) is 0 Å². The molecule has 0 fully saturated rings. The van der Waals surface area contributed by atoms with Gasteiger partial charge in [-0.15, -0.1) is 16.8 Å². The Hall–Kier alpha value is -3.64. The fraction of sp³-hybridized carbons (Fsp3) is 0.115. The molecular formula is C26H21N3O2S. The summed E-state index contributed by atoms with van der Waals surface area (Å²) in [7, 11) is 0. The van der Waals surface area contributed by atoms with Crippen molar-refractivity contribution in [3.63, 3.8) is 0 Å². The van der Waals surface area contributed by atoms with Gasteiger partial charge in [0.15, 0.2) is 11.0 Å². The topological polar surface area (TPSA) is 60.9 Å². The summed E-state index contributed by atoms with van der Waals surface area (Å²) < 4.78 is 7.54. The van der Waals surface area contributed by atoms with Gasteiger partial charge in [-0.25, -0.2) is 4.79 Å². The maximum atomic E-state index is 12.2. The molecule has 5 aromatic rings. The van der Waals surface area contributed by atoms with Crippen molar-refractivity contribution < 1.29 is 4.42 Å². The zero-order valence-electron chi connectivity index (χ0n) is 17.6. The molecule has 0 atom stereocenters. The third-order valence-electron chi connectivity index (χ3n) is 5.38. The highest BCUT2D eigenvalue weighted by Crippen LogP contribution is 2.32. The smallest absolute Gasteiger partial charge is 0.336 e. The minimum atomic E-state index is -0.351. The standard InChI is InChI=1S/C26H21N3O2S/c1-3-13-29-25(19-9-6-7-17(2)14-19)27-28-26(29)32-16-20-15-23(30)31-22-12-11-18-8-4-5-10-21(18)24(20)22/h3-12,14-15H,1,13,16H2,2H3. The SMILES string of the molecule is C=CCn1c(SCc2cc(=O)oc3ccc4ccccc4c23)nnc1-c1cccc(C)c1. The van der Waals surface area contributed by atoms with Gasteiger partial charge in [-0.1, -0.05) is 71.9 Å². The Labute approximate surface area is 189 Å². The molecule has 5 rings (SSSR count). The van der Waals surface area contributed by atoms with Crippen molar-refractivity contribution in [2.24, 2.45) is 0 Å². The highest BCUT2D eigenvalue weighted by molar-refractivity contribution is 7.98. The molecule has 0 saturated heterocycles. The van der Waals surface area contributed by atoms with E-state index >= 15 is 0 Å². The van der Waals surface area contributed by atoms with E-state index in [9.17, 15) is 4.79 Å². The van der Waals surface area contributed by atoms with Crippen LogP contribution in [0.5, 0.6) is 0 Å². The van der Waals surface area contributed by atoms with Gasteiger partial charge in [0.2, 0.25) is 0 Å². The lowest BCUT2D eigenvalue weighted by molar-refractivity contribution is 0.560. The summed E-state index contributed by atoms with van der Waals surface area (Å²) in [6.45, 7) is 6.55. The average Bonchev–Trinajstić information content (AvgIpc) is 3.20. The van der Waals surface area contributed by atoms with E-state index in [-0.39, 0.29) is 5.63 Å². The van der Waals surface area contributed by atoms with Gasteiger partial charge in [0.05, 0.1) is 0 Å². The molecule has 0 aliphatic rings. The van der Waals surface area contributed by atoms with E-state index in [0.717, 1.165) is 38.3 Å². The lowest BCUT2D eigenvalue weighted by atomic mass is 10.0. The van der Waals surface area contributed by atoms with Crippen molar-refractivity contribution in [3.8, 4) is 11.4 Å². The Balaban J connectivity index is 1.56. The van der Waals surface area contributed by atoms with Crippen LogP contribution in [0.15, 0.2) is 93.8 Å². The second-order valence-corrected chi connectivity index (χ2v) is 8.56. The first-order chi connectivity index (χ1) is 15.6. The number of aromatic nitrogens is 3. The predicted octanol–water partition coefficient (Wildman–Crippen LogP) is 5.99. The van der Waals surface area contributed by atoms with Crippen molar-refractivity contribution in [2.75, 3.05) is 0 Å². The number of aryl methyl sites for hydroxylation is 1. The number of thioether (sulfide) groups is 1. The summed E-state index contributed by atoms with van der Waals surface area (Å²) in [5.74, 6) is 1.37. The maximum Gasteiger partial charge on any atom is 0.336 e. The fourth-order valence-electron chi connectivity index (χ4n) is 3.96.